The molecule has 3 aromatic rings. The lowest BCUT2D eigenvalue weighted by atomic mass is 10.5. The van der Waals surface area contributed by atoms with Crippen molar-refractivity contribution in [2.45, 2.75) is 6.54 Å². The Morgan fingerprint density at radius 2 is 2.26 bits per heavy atom. The zero-order chi connectivity index (χ0) is 13.2. The molecule has 0 radical (unpaired) electrons. The fourth-order valence-corrected chi connectivity index (χ4v) is 2.34. The summed E-state index contributed by atoms with van der Waals surface area (Å²) in [5.74, 6) is 1.20. The lowest BCUT2D eigenvalue weighted by molar-refractivity contribution is 1.07. The summed E-state index contributed by atoms with van der Waals surface area (Å²) in [7, 11) is 1.77. The molecule has 0 aliphatic rings. The van der Waals surface area contributed by atoms with Gasteiger partial charge in [-0.15, -0.1) is 11.3 Å². The van der Waals surface area contributed by atoms with Crippen LogP contribution in [-0.4, -0.2) is 32.0 Å². The molecule has 0 spiro atoms. The number of thiazole rings is 1. The van der Waals surface area contributed by atoms with E-state index in [9.17, 15) is 0 Å². The maximum absolute atomic E-state index is 5.89. The van der Waals surface area contributed by atoms with Crippen LogP contribution in [-0.2, 0) is 6.54 Å². The largest absolute Gasteiger partial charge is 0.362 e. The van der Waals surface area contributed by atoms with Gasteiger partial charge < -0.3 is 15.6 Å². The highest BCUT2D eigenvalue weighted by Gasteiger charge is 2.11. The smallest absolute Gasteiger partial charge is 0.226 e. The van der Waals surface area contributed by atoms with Gasteiger partial charge in [0, 0.05) is 18.6 Å². The van der Waals surface area contributed by atoms with Gasteiger partial charge in [0.2, 0.25) is 11.2 Å². The molecule has 0 saturated heterocycles. The minimum atomic E-state index is 0.167. The molecule has 19 heavy (non-hydrogen) atoms. The molecule has 0 atom stereocenters. The van der Waals surface area contributed by atoms with Crippen molar-refractivity contribution in [3.63, 3.8) is 0 Å². The van der Waals surface area contributed by atoms with Crippen LogP contribution in [0.3, 0.4) is 0 Å². The molecule has 9 heteroatoms. The predicted molar refractivity (Wildman–Crippen MR) is 75.7 cm³/mol. The van der Waals surface area contributed by atoms with Crippen LogP contribution in [0.15, 0.2) is 11.6 Å². The van der Waals surface area contributed by atoms with Gasteiger partial charge >= 0.3 is 0 Å². The Hall–Kier alpha value is -1.93. The minimum Gasteiger partial charge on any atom is -0.362 e. The van der Waals surface area contributed by atoms with Crippen LogP contribution in [0.5, 0.6) is 0 Å². The molecule has 0 aliphatic heterocycles. The van der Waals surface area contributed by atoms with Gasteiger partial charge in [-0.25, -0.2) is 9.97 Å². The number of imidazole rings is 1. The molecule has 98 valence electrons. The van der Waals surface area contributed by atoms with Gasteiger partial charge in [-0.05, 0) is 11.6 Å². The van der Waals surface area contributed by atoms with Crippen LogP contribution in [0.2, 0.25) is 5.28 Å². The number of hydrogen-bond donors (Lipinski definition) is 3. The second-order valence-corrected chi connectivity index (χ2v) is 4.97. The molecule has 3 heterocycles. The molecule has 0 fully saturated rings. The average molecular weight is 296 g/mol. The van der Waals surface area contributed by atoms with E-state index in [4.69, 9.17) is 11.6 Å². The first kappa shape index (κ1) is 12.1. The van der Waals surface area contributed by atoms with Gasteiger partial charge in [0.05, 0.1) is 6.54 Å². The summed E-state index contributed by atoms with van der Waals surface area (Å²) in [5.41, 5.74) is 1.23. The third-order valence-corrected chi connectivity index (χ3v) is 3.39. The van der Waals surface area contributed by atoms with Crippen LogP contribution < -0.4 is 10.6 Å². The molecule has 0 bridgehead atoms. The van der Waals surface area contributed by atoms with Crippen molar-refractivity contribution in [2.24, 2.45) is 0 Å². The minimum absolute atomic E-state index is 0.167. The first-order chi connectivity index (χ1) is 9.26. The Labute approximate surface area is 117 Å². The van der Waals surface area contributed by atoms with Gasteiger partial charge in [-0.2, -0.15) is 9.97 Å². The molecular formula is C10H10ClN7S. The van der Waals surface area contributed by atoms with Gasteiger partial charge in [0.25, 0.3) is 0 Å². The summed E-state index contributed by atoms with van der Waals surface area (Å²) < 4.78 is 0. The Balaban J connectivity index is 1.94. The predicted octanol–water partition coefficient (Wildman–Crippen LogP) is 2.12. The summed E-state index contributed by atoms with van der Waals surface area (Å²) in [6.45, 7) is 0.571. The van der Waals surface area contributed by atoms with Crippen molar-refractivity contribution >= 4 is 45.9 Å². The lowest BCUT2D eigenvalue weighted by Gasteiger charge is -2.03. The molecule has 0 unspecified atom stereocenters. The number of nitrogens with one attached hydrogen (secondary N) is 3. The van der Waals surface area contributed by atoms with E-state index in [0.29, 0.717) is 29.5 Å². The number of hydrogen-bond acceptors (Lipinski definition) is 7. The quantitative estimate of drug-likeness (QED) is 0.639. The van der Waals surface area contributed by atoms with Crippen molar-refractivity contribution in [1.29, 1.82) is 0 Å². The number of rotatable bonds is 4. The maximum Gasteiger partial charge on any atom is 0.226 e. The monoisotopic (exact) mass is 295 g/mol. The molecule has 0 saturated carbocycles. The second-order valence-electron chi connectivity index (χ2n) is 3.65. The highest BCUT2D eigenvalue weighted by molar-refractivity contribution is 7.09. The van der Waals surface area contributed by atoms with Crippen LogP contribution in [0.1, 0.15) is 5.01 Å². The van der Waals surface area contributed by atoms with E-state index in [0.717, 1.165) is 5.01 Å². The van der Waals surface area contributed by atoms with Gasteiger partial charge in [-0.3, -0.25) is 0 Å². The lowest BCUT2D eigenvalue weighted by Crippen LogP contribution is -2.02. The zero-order valence-electron chi connectivity index (χ0n) is 9.94. The van der Waals surface area contributed by atoms with Crippen molar-refractivity contribution in [1.82, 2.24) is 24.9 Å². The van der Waals surface area contributed by atoms with Crippen molar-refractivity contribution in [3.8, 4) is 0 Å². The molecule has 0 aromatic carbocycles. The third kappa shape index (κ3) is 2.45. The van der Waals surface area contributed by atoms with Crippen LogP contribution in [0.4, 0.5) is 11.8 Å². The van der Waals surface area contributed by atoms with Crippen LogP contribution in [0, 0.1) is 0 Å². The summed E-state index contributed by atoms with van der Waals surface area (Å²) >= 11 is 7.46. The molecule has 3 rings (SSSR count). The maximum atomic E-state index is 5.89. The highest BCUT2D eigenvalue weighted by Crippen LogP contribution is 2.22. The average Bonchev–Trinajstić information content (AvgIpc) is 3.04. The van der Waals surface area contributed by atoms with Gasteiger partial charge in [-0.1, -0.05) is 0 Å². The number of anilines is 2. The van der Waals surface area contributed by atoms with Gasteiger partial charge in [0.15, 0.2) is 17.0 Å². The Bertz CT molecular complexity index is 693. The molecule has 0 amide bonds. The number of fused-ring (bicyclic) bond motifs is 1. The molecule has 0 aliphatic carbocycles. The van der Waals surface area contributed by atoms with Crippen LogP contribution in [0.25, 0.3) is 11.2 Å². The number of nitrogens with zero attached hydrogens (tertiary/aromatic N) is 4. The Morgan fingerprint density at radius 1 is 1.37 bits per heavy atom. The van der Waals surface area contributed by atoms with E-state index in [-0.39, 0.29) is 5.28 Å². The van der Waals surface area contributed by atoms with E-state index in [1.165, 1.54) is 0 Å². The summed E-state index contributed by atoms with van der Waals surface area (Å²) in [6.07, 6.45) is 1.76. The number of halogens is 1. The summed E-state index contributed by atoms with van der Waals surface area (Å²) in [5, 5.41) is 9.14. The van der Waals surface area contributed by atoms with E-state index in [1.807, 2.05) is 5.38 Å². The van der Waals surface area contributed by atoms with Gasteiger partial charge in [0.1, 0.15) is 5.01 Å². The fourth-order valence-electron chi connectivity index (χ4n) is 1.61. The standard InChI is InChI=1S/C10H10ClN7S/c1-12-10-15-6-7(14-4-5-13-2-3-19-5)16-9(11)17-8(6)18-10/h2-3H,4H2,1H3,(H3,12,14,15,16,17,18). The van der Waals surface area contributed by atoms with E-state index >= 15 is 0 Å². The van der Waals surface area contributed by atoms with Crippen LogP contribution >= 0.6 is 22.9 Å². The Kier molecular flexibility index (Phi) is 3.18. The van der Waals surface area contributed by atoms with E-state index in [1.54, 1.807) is 24.6 Å². The fraction of sp³-hybridized carbons (Fsp3) is 0.200. The van der Waals surface area contributed by atoms with E-state index < -0.39 is 0 Å². The normalized spacial score (nSPS) is 10.8. The second kappa shape index (κ2) is 4.98. The first-order valence-electron chi connectivity index (χ1n) is 5.49. The number of aromatic nitrogens is 5. The number of H-pyrrole nitrogens is 1. The Morgan fingerprint density at radius 3 is 3.00 bits per heavy atom. The highest BCUT2D eigenvalue weighted by atomic mass is 35.5. The molecule has 3 N–H and O–H groups in total. The third-order valence-electron chi connectivity index (χ3n) is 2.44. The summed E-state index contributed by atoms with van der Waals surface area (Å²) in [6, 6.07) is 0. The molecule has 7 nitrogen and oxygen atoms in total. The zero-order valence-corrected chi connectivity index (χ0v) is 11.5. The van der Waals surface area contributed by atoms with Crippen molar-refractivity contribution < 1.29 is 0 Å². The number of aromatic amines is 1. The first-order valence-corrected chi connectivity index (χ1v) is 6.75. The van der Waals surface area contributed by atoms with Crippen molar-refractivity contribution in [2.75, 3.05) is 17.7 Å². The topological polar surface area (TPSA) is 91.4 Å². The van der Waals surface area contributed by atoms with Crippen molar-refractivity contribution in [3.05, 3.63) is 21.9 Å². The summed E-state index contributed by atoms with van der Waals surface area (Å²) in [4.78, 5) is 19.8. The molecule has 3 aromatic heterocycles. The van der Waals surface area contributed by atoms with E-state index in [2.05, 4.69) is 35.6 Å². The SMILES string of the molecule is CNc1nc2c(NCc3nccs3)nc(Cl)nc2[nH]1. The molecular weight excluding hydrogens is 286 g/mol.